The van der Waals surface area contributed by atoms with Gasteiger partial charge in [-0.2, -0.15) is 5.26 Å². The van der Waals surface area contributed by atoms with Crippen LogP contribution in [0.15, 0.2) is 18.3 Å². The third-order valence-corrected chi connectivity index (χ3v) is 2.36. The highest BCUT2D eigenvalue weighted by molar-refractivity contribution is 6.31. The number of rotatable bonds is 0. The molecule has 1 aromatic heterocycles. The number of anilines is 1. The highest BCUT2D eigenvalue weighted by Gasteiger charge is 2.08. The molecule has 0 amide bonds. The van der Waals surface area contributed by atoms with Gasteiger partial charge >= 0.3 is 0 Å². The van der Waals surface area contributed by atoms with E-state index in [0.29, 0.717) is 10.9 Å². The van der Waals surface area contributed by atoms with Gasteiger partial charge in [-0.1, -0.05) is 11.6 Å². The van der Waals surface area contributed by atoms with Crippen LogP contribution in [0.25, 0.3) is 10.9 Å². The first-order valence-electron chi connectivity index (χ1n) is 4.07. The van der Waals surface area contributed by atoms with Gasteiger partial charge in [0.25, 0.3) is 0 Å². The van der Waals surface area contributed by atoms with Gasteiger partial charge in [0.05, 0.1) is 21.8 Å². The summed E-state index contributed by atoms with van der Waals surface area (Å²) < 4.78 is 13.1. The van der Waals surface area contributed by atoms with Gasteiger partial charge in [0.15, 0.2) is 0 Å². The largest absolute Gasteiger partial charge is 0.397 e. The van der Waals surface area contributed by atoms with Crippen molar-refractivity contribution in [2.24, 2.45) is 0 Å². The van der Waals surface area contributed by atoms with Crippen molar-refractivity contribution in [3.05, 3.63) is 34.7 Å². The van der Waals surface area contributed by atoms with Crippen molar-refractivity contribution in [1.29, 1.82) is 5.26 Å². The summed E-state index contributed by atoms with van der Waals surface area (Å²) in [5.41, 5.74) is 6.61. The average Bonchev–Trinajstić information content (AvgIpc) is 2.22. The van der Waals surface area contributed by atoms with E-state index in [9.17, 15) is 4.39 Å². The second kappa shape index (κ2) is 3.37. The van der Waals surface area contributed by atoms with Gasteiger partial charge in [-0.05, 0) is 6.07 Å². The normalized spacial score (nSPS) is 10.2. The Hall–Kier alpha value is -1.86. The van der Waals surface area contributed by atoms with E-state index in [1.54, 1.807) is 0 Å². The molecule has 0 saturated carbocycles. The number of aromatic nitrogens is 1. The molecule has 2 rings (SSSR count). The number of nitrogens with zero attached hydrogens (tertiary/aromatic N) is 2. The van der Waals surface area contributed by atoms with Crippen molar-refractivity contribution in [2.75, 3.05) is 5.73 Å². The van der Waals surface area contributed by atoms with E-state index in [-0.39, 0.29) is 16.3 Å². The first kappa shape index (κ1) is 9.69. The lowest BCUT2D eigenvalue weighted by atomic mass is 10.1. The zero-order valence-corrected chi connectivity index (χ0v) is 8.22. The summed E-state index contributed by atoms with van der Waals surface area (Å²) in [7, 11) is 0. The van der Waals surface area contributed by atoms with Crippen molar-refractivity contribution in [3.8, 4) is 6.07 Å². The molecule has 0 aliphatic heterocycles. The fourth-order valence-electron chi connectivity index (χ4n) is 1.30. The number of fused-ring (bicyclic) bond motifs is 1. The zero-order valence-electron chi connectivity index (χ0n) is 7.46. The molecule has 0 aliphatic carbocycles. The van der Waals surface area contributed by atoms with Crippen molar-refractivity contribution in [3.63, 3.8) is 0 Å². The van der Waals surface area contributed by atoms with Gasteiger partial charge < -0.3 is 5.73 Å². The van der Waals surface area contributed by atoms with Gasteiger partial charge in [-0.15, -0.1) is 0 Å². The smallest absolute Gasteiger partial charge is 0.143 e. The van der Waals surface area contributed by atoms with E-state index < -0.39 is 5.82 Å². The topological polar surface area (TPSA) is 62.7 Å². The first-order valence-corrected chi connectivity index (χ1v) is 4.44. The summed E-state index contributed by atoms with van der Waals surface area (Å²) in [5.74, 6) is -0.555. The van der Waals surface area contributed by atoms with E-state index in [4.69, 9.17) is 22.6 Å². The molecule has 0 spiro atoms. The van der Waals surface area contributed by atoms with Crippen molar-refractivity contribution in [1.82, 2.24) is 4.98 Å². The van der Waals surface area contributed by atoms with Crippen LogP contribution in [0.2, 0.25) is 5.02 Å². The SMILES string of the molecule is N#Cc1cnc2cc(F)c(Cl)cc2c1N. The molecule has 2 aromatic rings. The molecular weight excluding hydrogens is 217 g/mol. The monoisotopic (exact) mass is 221 g/mol. The van der Waals surface area contributed by atoms with Crippen LogP contribution < -0.4 is 5.73 Å². The van der Waals surface area contributed by atoms with E-state index in [0.717, 1.165) is 0 Å². The molecule has 1 aromatic carbocycles. The van der Waals surface area contributed by atoms with E-state index >= 15 is 0 Å². The fraction of sp³-hybridized carbons (Fsp3) is 0. The van der Waals surface area contributed by atoms with Crippen LogP contribution in [0, 0.1) is 17.1 Å². The fourth-order valence-corrected chi connectivity index (χ4v) is 1.46. The van der Waals surface area contributed by atoms with Crippen LogP contribution in [0.3, 0.4) is 0 Å². The van der Waals surface area contributed by atoms with E-state index in [2.05, 4.69) is 4.98 Å². The molecule has 0 bridgehead atoms. The quantitative estimate of drug-likeness (QED) is 0.743. The summed E-state index contributed by atoms with van der Waals surface area (Å²) in [4.78, 5) is 3.91. The molecule has 0 radical (unpaired) electrons. The molecule has 0 atom stereocenters. The minimum Gasteiger partial charge on any atom is -0.397 e. The molecule has 15 heavy (non-hydrogen) atoms. The molecule has 0 unspecified atom stereocenters. The molecule has 0 fully saturated rings. The van der Waals surface area contributed by atoms with Crippen LogP contribution in [-0.2, 0) is 0 Å². The summed E-state index contributed by atoms with van der Waals surface area (Å²) >= 11 is 5.61. The minimum atomic E-state index is -0.555. The highest BCUT2D eigenvalue weighted by atomic mass is 35.5. The van der Waals surface area contributed by atoms with Gasteiger partial charge in [0, 0.05) is 17.6 Å². The zero-order chi connectivity index (χ0) is 11.0. The van der Waals surface area contributed by atoms with Crippen LogP contribution in [-0.4, -0.2) is 4.98 Å². The van der Waals surface area contributed by atoms with Crippen molar-refractivity contribution in [2.45, 2.75) is 0 Å². The number of nitriles is 1. The standard InChI is InChI=1S/C10H5ClFN3/c11-7-1-6-9(2-8(7)12)15-4-5(3-13)10(6)14/h1-2,4H,(H2,14,15). The Morgan fingerprint density at radius 2 is 2.20 bits per heavy atom. The third kappa shape index (κ3) is 1.47. The predicted molar refractivity (Wildman–Crippen MR) is 55.8 cm³/mol. The number of benzene rings is 1. The number of halogens is 2. The van der Waals surface area contributed by atoms with Crippen LogP contribution in [0.4, 0.5) is 10.1 Å². The minimum absolute atomic E-state index is 0.0360. The van der Waals surface area contributed by atoms with Crippen LogP contribution in [0.1, 0.15) is 5.56 Å². The van der Waals surface area contributed by atoms with E-state index in [1.165, 1.54) is 18.3 Å². The van der Waals surface area contributed by atoms with Gasteiger partial charge in [-0.3, -0.25) is 4.98 Å². The number of hydrogen-bond acceptors (Lipinski definition) is 3. The lowest BCUT2D eigenvalue weighted by molar-refractivity contribution is 0.630. The molecule has 0 saturated heterocycles. The molecule has 0 aliphatic rings. The van der Waals surface area contributed by atoms with Crippen molar-refractivity contribution < 1.29 is 4.39 Å². The maximum absolute atomic E-state index is 13.1. The number of nitrogens with two attached hydrogens (primary N) is 1. The van der Waals surface area contributed by atoms with Gasteiger partial charge in [0.1, 0.15) is 11.9 Å². The summed E-state index contributed by atoms with van der Waals surface area (Å²) in [6.07, 6.45) is 1.31. The number of hydrogen-bond donors (Lipinski definition) is 1. The maximum Gasteiger partial charge on any atom is 0.143 e. The third-order valence-electron chi connectivity index (χ3n) is 2.07. The van der Waals surface area contributed by atoms with E-state index in [1.807, 2.05) is 6.07 Å². The maximum atomic E-state index is 13.1. The van der Waals surface area contributed by atoms with Crippen molar-refractivity contribution >= 4 is 28.2 Å². The molecule has 3 nitrogen and oxygen atoms in total. The molecular formula is C10H5ClFN3. The Morgan fingerprint density at radius 1 is 1.47 bits per heavy atom. The molecule has 1 heterocycles. The van der Waals surface area contributed by atoms with Crippen LogP contribution >= 0.6 is 11.6 Å². The lowest BCUT2D eigenvalue weighted by Gasteiger charge is -2.04. The summed E-state index contributed by atoms with van der Waals surface area (Å²) in [5, 5.41) is 9.18. The van der Waals surface area contributed by atoms with Crippen LogP contribution in [0.5, 0.6) is 0 Å². The highest BCUT2D eigenvalue weighted by Crippen LogP contribution is 2.27. The molecule has 2 N–H and O–H groups in total. The number of nitrogen functional groups attached to an aromatic ring is 1. The Labute approximate surface area is 89.9 Å². The molecule has 5 heteroatoms. The Kier molecular flexibility index (Phi) is 2.18. The first-order chi connectivity index (χ1) is 7.13. The second-order valence-corrected chi connectivity index (χ2v) is 3.39. The summed E-state index contributed by atoms with van der Waals surface area (Å²) in [6, 6.07) is 4.46. The Balaban J connectivity index is 2.89. The lowest BCUT2D eigenvalue weighted by Crippen LogP contribution is -1.95. The summed E-state index contributed by atoms with van der Waals surface area (Å²) in [6.45, 7) is 0. The van der Waals surface area contributed by atoms with Gasteiger partial charge in [-0.25, -0.2) is 4.39 Å². The second-order valence-electron chi connectivity index (χ2n) is 2.98. The predicted octanol–water partition coefficient (Wildman–Crippen LogP) is 2.48. The average molecular weight is 222 g/mol. The Bertz CT molecular complexity index is 589. The van der Waals surface area contributed by atoms with Gasteiger partial charge in [0.2, 0.25) is 0 Å². The number of pyridine rings is 1. The molecule has 74 valence electrons. The Morgan fingerprint density at radius 3 is 2.87 bits per heavy atom.